The van der Waals surface area contributed by atoms with Crippen molar-refractivity contribution in [3.8, 4) is 0 Å². The lowest BCUT2D eigenvalue weighted by Gasteiger charge is -2.30. The van der Waals surface area contributed by atoms with Crippen molar-refractivity contribution < 1.29 is 22.8 Å². The largest absolute Gasteiger partial charge is 0.416 e. The van der Waals surface area contributed by atoms with Gasteiger partial charge in [0.2, 0.25) is 11.8 Å². The normalized spacial score (nSPS) is 23.2. The van der Waals surface area contributed by atoms with Crippen LogP contribution in [0, 0.1) is 25.7 Å². The summed E-state index contributed by atoms with van der Waals surface area (Å²) >= 11 is 0. The highest BCUT2D eigenvalue weighted by Gasteiger charge is 2.54. The zero-order chi connectivity index (χ0) is 22.5. The summed E-state index contributed by atoms with van der Waals surface area (Å²) in [5.74, 6) is -1.34. The van der Waals surface area contributed by atoms with E-state index in [9.17, 15) is 22.8 Å². The summed E-state index contributed by atoms with van der Waals surface area (Å²) in [6, 6.07) is 8.35. The molecule has 4 rings (SSSR count). The van der Waals surface area contributed by atoms with E-state index in [1.807, 2.05) is 25.1 Å². The number of carbonyl (C=O) groups is 2. The second-order valence-corrected chi connectivity index (χ2v) is 8.44. The number of pyridine rings is 1. The number of likely N-dealkylation sites (N-methyl/N-ethyl adjacent to an activating group) is 1. The maximum absolute atomic E-state index is 13.6. The number of hydrogen-bond acceptors (Lipinski definition) is 3. The molecule has 1 unspecified atom stereocenters. The molecule has 2 aliphatic rings. The van der Waals surface area contributed by atoms with Gasteiger partial charge < -0.3 is 4.90 Å². The van der Waals surface area contributed by atoms with Crippen molar-refractivity contribution in [3.05, 3.63) is 53.2 Å². The minimum absolute atomic E-state index is 0.109. The van der Waals surface area contributed by atoms with Gasteiger partial charge in [-0.05, 0) is 56.5 Å². The van der Waals surface area contributed by atoms with Gasteiger partial charge in [-0.2, -0.15) is 13.2 Å². The summed E-state index contributed by atoms with van der Waals surface area (Å²) in [5.41, 5.74) is 0.920. The van der Waals surface area contributed by atoms with E-state index in [4.69, 9.17) is 0 Å². The fraction of sp³-hybridized carbons (Fsp3) is 0.435. The van der Waals surface area contributed by atoms with Crippen molar-refractivity contribution in [2.24, 2.45) is 11.8 Å². The van der Waals surface area contributed by atoms with Crippen molar-refractivity contribution in [1.82, 2.24) is 4.98 Å². The van der Waals surface area contributed by atoms with Crippen LogP contribution in [0.4, 0.5) is 24.7 Å². The molecule has 0 spiro atoms. The Morgan fingerprint density at radius 2 is 1.90 bits per heavy atom. The first kappa shape index (κ1) is 21.3. The van der Waals surface area contributed by atoms with Crippen LogP contribution in [-0.2, 0) is 15.8 Å². The molecule has 5 nitrogen and oxygen atoms in total. The van der Waals surface area contributed by atoms with Crippen LogP contribution in [0.2, 0.25) is 0 Å². The van der Waals surface area contributed by atoms with Gasteiger partial charge in [-0.25, -0.2) is 4.98 Å². The molecule has 31 heavy (non-hydrogen) atoms. The summed E-state index contributed by atoms with van der Waals surface area (Å²) in [6.07, 6.45) is -2.43. The van der Waals surface area contributed by atoms with Crippen molar-refractivity contribution in [2.75, 3.05) is 16.8 Å². The molecule has 0 radical (unpaired) electrons. The lowest BCUT2D eigenvalue weighted by atomic mass is 9.92. The molecule has 1 aliphatic heterocycles. The maximum atomic E-state index is 13.6. The Bertz CT molecular complexity index is 1040. The number of alkyl halides is 3. The highest BCUT2D eigenvalue weighted by molar-refractivity contribution is 6.09. The van der Waals surface area contributed by atoms with Crippen LogP contribution in [-0.4, -0.2) is 29.9 Å². The van der Waals surface area contributed by atoms with Crippen LogP contribution in [0.25, 0.3) is 0 Å². The lowest BCUT2D eigenvalue weighted by Crippen LogP contribution is -2.48. The van der Waals surface area contributed by atoms with E-state index < -0.39 is 17.8 Å². The number of anilines is 2. The average molecular weight is 431 g/mol. The Morgan fingerprint density at radius 1 is 1.16 bits per heavy atom. The van der Waals surface area contributed by atoms with E-state index in [0.717, 1.165) is 24.1 Å². The maximum Gasteiger partial charge on any atom is 0.416 e. The van der Waals surface area contributed by atoms with Crippen molar-refractivity contribution >= 4 is 23.3 Å². The van der Waals surface area contributed by atoms with E-state index in [2.05, 4.69) is 4.98 Å². The smallest absolute Gasteiger partial charge is 0.314 e. The third kappa shape index (κ3) is 3.79. The molecule has 1 saturated heterocycles. The van der Waals surface area contributed by atoms with E-state index in [1.54, 1.807) is 13.1 Å². The van der Waals surface area contributed by atoms with Crippen LogP contribution >= 0.6 is 0 Å². The topological polar surface area (TPSA) is 53.5 Å². The van der Waals surface area contributed by atoms with Crippen molar-refractivity contribution in [3.63, 3.8) is 0 Å². The predicted molar refractivity (Wildman–Crippen MR) is 111 cm³/mol. The number of hydrogen-bond donors (Lipinski definition) is 0. The van der Waals surface area contributed by atoms with Crippen LogP contribution in [0.3, 0.4) is 0 Å². The van der Waals surface area contributed by atoms with Crippen molar-refractivity contribution in [2.45, 2.75) is 45.3 Å². The summed E-state index contributed by atoms with van der Waals surface area (Å²) in [7, 11) is 1.63. The zero-order valence-corrected chi connectivity index (χ0v) is 17.6. The number of benzene rings is 1. The molecule has 8 heteroatoms. The van der Waals surface area contributed by atoms with Crippen molar-refractivity contribution in [1.29, 1.82) is 0 Å². The molecule has 1 aromatic heterocycles. The van der Waals surface area contributed by atoms with Gasteiger partial charge in [-0.15, -0.1) is 0 Å². The van der Waals surface area contributed by atoms with Gasteiger partial charge in [-0.1, -0.05) is 18.6 Å². The lowest BCUT2D eigenvalue weighted by molar-refractivity contribution is -0.137. The van der Waals surface area contributed by atoms with Crippen LogP contribution in [0.5, 0.6) is 0 Å². The Hall–Kier alpha value is -2.90. The quantitative estimate of drug-likeness (QED) is 0.719. The molecule has 1 aliphatic carbocycles. The second kappa shape index (κ2) is 7.66. The van der Waals surface area contributed by atoms with Crippen LogP contribution in [0.1, 0.15) is 36.1 Å². The highest BCUT2D eigenvalue weighted by Crippen LogP contribution is 2.46. The minimum atomic E-state index is -4.57. The molecule has 0 N–H and O–H groups in total. The molecule has 2 heterocycles. The Kier molecular flexibility index (Phi) is 5.27. The van der Waals surface area contributed by atoms with Gasteiger partial charge in [-0.3, -0.25) is 14.5 Å². The van der Waals surface area contributed by atoms with Gasteiger partial charge in [0.05, 0.1) is 5.56 Å². The molecule has 3 atom stereocenters. The monoisotopic (exact) mass is 431 g/mol. The average Bonchev–Trinajstić information content (AvgIpc) is 3.28. The van der Waals surface area contributed by atoms with Crippen LogP contribution in [0.15, 0.2) is 36.4 Å². The summed E-state index contributed by atoms with van der Waals surface area (Å²) in [5, 5.41) is 0. The standard InChI is InChI=1S/C23H24F3N3O2/c1-13-6-4-7-16(10-13)28(3)22(31)20-17-8-5-9-18(17)21(30)29(20)19-12-15(23(24,25)26)11-14(2)27-19/h4,6-7,10-12,17-18,20H,5,8-9H2,1-3H3/t17-,18+,20?/m0/s1. The fourth-order valence-electron chi connectivity index (χ4n) is 4.83. The first-order valence-electron chi connectivity index (χ1n) is 10.3. The Balaban J connectivity index is 1.77. The van der Waals surface area contributed by atoms with Gasteiger partial charge in [0.15, 0.2) is 0 Å². The SMILES string of the molecule is Cc1cccc(N(C)C(=O)C2[C@H]3CCC[C@H]3C(=O)N2c2cc(C(F)(F)F)cc(C)n2)c1. The summed E-state index contributed by atoms with van der Waals surface area (Å²) in [4.78, 5) is 33.7. The molecule has 2 fully saturated rings. The number of halogens is 3. The van der Waals surface area contributed by atoms with Gasteiger partial charge >= 0.3 is 6.18 Å². The third-order valence-corrected chi connectivity index (χ3v) is 6.29. The minimum Gasteiger partial charge on any atom is -0.314 e. The van der Waals surface area contributed by atoms with Gasteiger partial charge in [0.1, 0.15) is 11.9 Å². The fourth-order valence-corrected chi connectivity index (χ4v) is 4.83. The number of aryl methyl sites for hydroxylation is 2. The molecular formula is C23H24F3N3O2. The predicted octanol–water partition coefficient (Wildman–Crippen LogP) is 4.51. The first-order valence-corrected chi connectivity index (χ1v) is 10.3. The van der Waals surface area contributed by atoms with Crippen LogP contribution < -0.4 is 9.80 Å². The van der Waals surface area contributed by atoms with E-state index in [-0.39, 0.29) is 35.2 Å². The molecule has 164 valence electrons. The number of amides is 2. The van der Waals surface area contributed by atoms with E-state index in [0.29, 0.717) is 18.5 Å². The molecule has 0 bridgehead atoms. The molecular weight excluding hydrogens is 407 g/mol. The molecule has 2 aromatic rings. The number of nitrogens with zero attached hydrogens (tertiary/aromatic N) is 3. The molecule has 1 aromatic carbocycles. The number of aromatic nitrogens is 1. The Labute approximate surface area is 178 Å². The van der Waals surface area contributed by atoms with Gasteiger partial charge in [0, 0.05) is 30.3 Å². The summed E-state index contributed by atoms with van der Waals surface area (Å²) < 4.78 is 40.2. The Morgan fingerprint density at radius 3 is 2.58 bits per heavy atom. The van der Waals surface area contributed by atoms with Gasteiger partial charge in [0.25, 0.3) is 0 Å². The third-order valence-electron chi connectivity index (χ3n) is 6.29. The number of rotatable bonds is 3. The van der Waals surface area contributed by atoms with E-state index in [1.165, 1.54) is 16.7 Å². The number of carbonyl (C=O) groups excluding carboxylic acids is 2. The zero-order valence-electron chi connectivity index (χ0n) is 17.6. The summed E-state index contributed by atoms with van der Waals surface area (Å²) in [6.45, 7) is 3.37. The molecule has 1 saturated carbocycles. The first-order chi connectivity index (χ1) is 14.6. The highest BCUT2D eigenvalue weighted by atomic mass is 19.4. The van der Waals surface area contributed by atoms with E-state index >= 15 is 0 Å². The second-order valence-electron chi connectivity index (χ2n) is 8.44. The molecule has 2 amide bonds. The number of fused-ring (bicyclic) bond motifs is 1.